The molecule has 0 bridgehead atoms. The summed E-state index contributed by atoms with van der Waals surface area (Å²) in [6.45, 7) is 0.102. The molecular weight excluding hydrogens is 427 g/mol. The predicted molar refractivity (Wildman–Crippen MR) is 118 cm³/mol. The number of rotatable bonds is 9. The van der Waals surface area contributed by atoms with Gasteiger partial charge in [-0.1, -0.05) is 41.6 Å². The van der Waals surface area contributed by atoms with E-state index in [1.165, 1.54) is 13.2 Å². The Morgan fingerprint density at radius 3 is 2.79 bits per heavy atom. The van der Waals surface area contributed by atoms with Crippen molar-refractivity contribution in [3.8, 4) is 17.1 Å². The molecule has 0 saturated carbocycles. The molecule has 1 unspecified atom stereocenters. The van der Waals surface area contributed by atoms with Crippen LogP contribution in [0.15, 0.2) is 53.1 Å². The number of carbonyl (C=O) groups excluding carboxylic acids is 2. The second-order valence-corrected chi connectivity index (χ2v) is 8.12. The number of hydrogen-bond acceptors (Lipinski definition) is 6. The van der Waals surface area contributed by atoms with Gasteiger partial charge in [-0.15, -0.1) is 0 Å². The first-order valence-electron chi connectivity index (χ1n) is 10.7. The van der Waals surface area contributed by atoms with E-state index in [9.17, 15) is 14.0 Å². The first-order chi connectivity index (χ1) is 16.0. The fourth-order valence-corrected chi connectivity index (χ4v) is 3.99. The third kappa shape index (κ3) is 5.54. The van der Waals surface area contributed by atoms with Crippen molar-refractivity contribution in [1.29, 1.82) is 0 Å². The van der Waals surface area contributed by atoms with Crippen molar-refractivity contribution < 1.29 is 23.2 Å². The minimum absolute atomic E-state index is 0.0939. The molecule has 1 aliphatic heterocycles. The molecule has 1 fully saturated rings. The van der Waals surface area contributed by atoms with Gasteiger partial charge in [-0.25, -0.2) is 4.39 Å². The van der Waals surface area contributed by atoms with Crippen LogP contribution < -0.4 is 15.4 Å². The first-order valence-corrected chi connectivity index (χ1v) is 10.7. The van der Waals surface area contributed by atoms with Gasteiger partial charge in [0.05, 0.1) is 13.7 Å². The number of amides is 2. The average Bonchev–Trinajstić information content (AvgIpc) is 3.45. The van der Waals surface area contributed by atoms with Crippen molar-refractivity contribution in [2.24, 2.45) is 0 Å². The summed E-state index contributed by atoms with van der Waals surface area (Å²) in [7, 11) is 1.47. The van der Waals surface area contributed by atoms with Gasteiger partial charge >= 0.3 is 0 Å². The fourth-order valence-electron chi connectivity index (χ4n) is 3.99. The summed E-state index contributed by atoms with van der Waals surface area (Å²) in [5.74, 6) is 0.468. The highest BCUT2D eigenvalue weighted by Crippen LogP contribution is 2.31. The van der Waals surface area contributed by atoms with E-state index >= 15 is 0 Å². The monoisotopic (exact) mass is 452 g/mol. The Morgan fingerprint density at radius 2 is 2.09 bits per heavy atom. The minimum Gasteiger partial charge on any atom is -0.497 e. The number of hydrogen-bond donors (Lipinski definition) is 2. The van der Waals surface area contributed by atoms with Crippen molar-refractivity contribution in [2.75, 3.05) is 7.11 Å². The standard InChI is InChI=1S/C24H25FN4O4/c1-32-18-8-7-17(19(25)13-18)14-24(12-10-21(31)28-24)11-9-20(30)26-15-22-27-23(29-33-22)16-5-3-2-4-6-16/h2-8,13H,9-12,14-15H2,1H3,(H,26,30)(H,28,31). The molecule has 8 nitrogen and oxygen atoms in total. The predicted octanol–water partition coefficient (Wildman–Crippen LogP) is 3.17. The van der Waals surface area contributed by atoms with E-state index in [1.807, 2.05) is 30.3 Å². The van der Waals surface area contributed by atoms with Crippen LogP contribution in [0.3, 0.4) is 0 Å². The van der Waals surface area contributed by atoms with Gasteiger partial charge in [0.15, 0.2) is 0 Å². The molecule has 2 N–H and O–H groups in total. The lowest BCUT2D eigenvalue weighted by molar-refractivity contribution is -0.123. The molecule has 4 rings (SSSR count). The summed E-state index contributed by atoms with van der Waals surface area (Å²) in [6.07, 6.45) is 1.73. The molecule has 0 aliphatic carbocycles. The number of halogens is 1. The topological polar surface area (TPSA) is 106 Å². The van der Waals surface area contributed by atoms with Gasteiger partial charge in [0.25, 0.3) is 0 Å². The number of methoxy groups -OCH3 is 1. The summed E-state index contributed by atoms with van der Waals surface area (Å²) >= 11 is 0. The zero-order valence-electron chi connectivity index (χ0n) is 18.3. The quantitative estimate of drug-likeness (QED) is 0.517. The van der Waals surface area contributed by atoms with E-state index in [0.717, 1.165) is 5.56 Å². The normalized spacial score (nSPS) is 17.6. The number of benzene rings is 2. The van der Waals surface area contributed by atoms with Crippen molar-refractivity contribution >= 4 is 11.8 Å². The second kappa shape index (κ2) is 9.81. The number of ether oxygens (including phenoxy) is 1. The maximum atomic E-state index is 14.5. The van der Waals surface area contributed by atoms with Crippen LogP contribution in [0.4, 0.5) is 4.39 Å². The van der Waals surface area contributed by atoms with E-state index in [4.69, 9.17) is 9.26 Å². The Bertz CT molecular complexity index is 1130. The molecule has 2 heterocycles. The summed E-state index contributed by atoms with van der Waals surface area (Å²) in [5, 5.41) is 9.66. The van der Waals surface area contributed by atoms with Crippen LogP contribution in [0, 0.1) is 5.82 Å². The van der Waals surface area contributed by atoms with Gasteiger partial charge in [0, 0.05) is 30.0 Å². The first kappa shape index (κ1) is 22.4. The van der Waals surface area contributed by atoms with E-state index in [2.05, 4.69) is 20.8 Å². The van der Waals surface area contributed by atoms with Crippen LogP contribution >= 0.6 is 0 Å². The van der Waals surface area contributed by atoms with Crippen molar-refractivity contribution in [3.05, 3.63) is 65.8 Å². The van der Waals surface area contributed by atoms with Gasteiger partial charge in [0.2, 0.25) is 23.5 Å². The van der Waals surface area contributed by atoms with Gasteiger partial charge in [0.1, 0.15) is 11.6 Å². The molecule has 0 spiro atoms. The van der Waals surface area contributed by atoms with E-state index in [0.29, 0.717) is 48.7 Å². The third-order valence-corrected chi connectivity index (χ3v) is 5.79. The fraction of sp³-hybridized carbons (Fsp3) is 0.333. The Balaban J connectivity index is 1.34. The van der Waals surface area contributed by atoms with Crippen LogP contribution in [0.1, 0.15) is 37.1 Å². The average molecular weight is 452 g/mol. The highest BCUT2D eigenvalue weighted by Gasteiger charge is 2.38. The smallest absolute Gasteiger partial charge is 0.246 e. The number of aromatic nitrogens is 2. The van der Waals surface area contributed by atoms with E-state index in [-0.39, 0.29) is 24.8 Å². The maximum Gasteiger partial charge on any atom is 0.246 e. The second-order valence-electron chi connectivity index (χ2n) is 8.12. The molecule has 1 aromatic heterocycles. The van der Waals surface area contributed by atoms with Crippen molar-refractivity contribution in [1.82, 2.24) is 20.8 Å². The molecule has 2 amide bonds. The highest BCUT2D eigenvalue weighted by atomic mass is 19.1. The molecule has 3 aromatic rings. The Kier molecular flexibility index (Phi) is 6.67. The molecule has 9 heteroatoms. The largest absolute Gasteiger partial charge is 0.497 e. The molecule has 1 aliphatic rings. The summed E-state index contributed by atoms with van der Waals surface area (Å²) < 4.78 is 24.8. The summed E-state index contributed by atoms with van der Waals surface area (Å²) in [4.78, 5) is 28.7. The van der Waals surface area contributed by atoms with Gasteiger partial charge in [-0.2, -0.15) is 4.98 Å². The molecular formula is C24H25FN4O4. The van der Waals surface area contributed by atoms with Crippen LogP contribution in [-0.2, 0) is 22.6 Å². The van der Waals surface area contributed by atoms with Crippen molar-refractivity contribution in [2.45, 2.75) is 44.2 Å². The number of nitrogens with one attached hydrogen (secondary N) is 2. The molecule has 33 heavy (non-hydrogen) atoms. The molecule has 1 atom stereocenters. The lowest BCUT2D eigenvalue weighted by atomic mass is 9.84. The Morgan fingerprint density at radius 1 is 1.27 bits per heavy atom. The SMILES string of the molecule is COc1ccc(CC2(CCC(=O)NCc3nc(-c4ccccc4)no3)CCC(=O)N2)c(F)c1. The van der Waals surface area contributed by atoms with Gasteiger partial charge in [-0.3, -0.25) is 9.59 Å². The van der Waals surface area contributed by atoms with Crippen LogP contribution in [0.25, 0.3) is 11.4 Å². The van der Waals surface area contributed by atoms with Crippen LogP contribution in [0.2, 0.25) is 0 Å². The van der Waals surface area contributed by atoms with Gasteiger partial charge in [-0.05, 0) is 30.9 Å². The Labute approximate surface area is 190 Å². The lowest BCUT2D eigenvalue weighted by Gasteiger charge is -2.29. The number of nitrogens with zero attached hydrogens (tertiary/aromatic N) is 2. The molecule has 172 valence electrons. The van der Waals surface area contributed by atoms with E-state index in [1.54, 1.807) is 12.1 Å². The maximum absolute atomic E-state index is 14.5. The molecule has 0 radical (unpaired) electrons. The van der Waals surface area contributed by atoms with E-state index < -0.39 is 11.4 Å². The molecule has 1 saturated heterocycles. The third-order valence-electron chi connectivity index (χ3n) is 5.79. The zero-order chi connectivity index (χ0) is 23.3. The lowest BCUT2D eigenvalue weighted by Crippen LogP contribution is -2.44. The van der Waals surface area contributed by atoms with Crippen LogP contribution in [-0.4, -0.2) is 34.6 Å². The number of carbonyl (C=O) groups is 2. The van der Waals surface area contributed by atoms with Crippen LogP contribution in [0.5, 0.6) is 5.75 Å². The highest BCUT2D eigenvalue weighted by molar-refractivity contribution is 5.80. The summed E-state index contributed by atoms with van der Waals surface area (Å²) in [5.41, 5.74) is 0.621. The minimum atomic E-state index is -0.672. The Hall–Kier alpha value is -3.75. The molecule has 2 aromatic carbocycles. The van der Waals surface area contributed by atoms with Crippen molar-refractivity contribution in [3.63, 3.8) is 0 Å². The van der Waals surface area contributed by atoms with Gasteiger partial charge < -0.3 is 19.9 Å². The summed E-state index contributed by atoms with van der Waals surface area (Å²) in [6, 6.07) is 14.0. The zero-order valence-corrected chi connectivity index (χ0v) is 18.3.